The Kier molecular flexibility index (Phi) is 7.27. The molecule has 0 aliphatic carbocycles. The average Bonchev–Trinajstić information content (AvgIpc) is 2.75. The molecule has 0 saturated carbocycles. The summed E-state index contributed by atoms with van der Waals surface area (Å²) in [4.78, 5) is 14.5. The van der Waals surface area contributed by atoms with Crippen molar-refractivity contribution in [3.8, 4) is 0 Å². The van der Waals surface area contributed by atoms with Gasteiger partial charge in [-0.05, 0) is 75.1 Å². The van der Waals surface area contributed by atoms with Gasteiger partial charge in [0.05, 0.1) is 10.9 Å². The van der Waals surface area contributed by atoms with Crippen molar-refractivity contribution < 1.29 is 17.6 Å². The molecule has 0 radical (unpaired) electrons. The quantitative estimate of drug-likeness (QED) is 0.539. The van der Waals surface area contributed by atoms with Crippen LogP contribution in [0.2, 0.25) is 0 Å². The number of benzene rings is 3. The first-order valence-electron chi connectivity index (χ1n) is 10.1. The Morgan fingerprint density at radius 2 is 1.66 bits per heavy atom. The van der Waals surface area contributed by atoms with E-state index in [2.05, 4.69) is 10.0 Å². The lowest BCUT2D eigenvalue weighted by molar-refractivity contribution is 0.0942. The van der Waals surface area contributed by atoms with Gasteiger partial charge < -0.3 is 10.2 Å². The molecule has 3 aromatic rings. The van der Waals surface area contributed by atoms with Gasteiger partial charge in [-0.25, -0.2) is 12.8 Å². The second kappa shape index (κ2) is 9.93. The predicted octanol–water partition coefficient (Wildman–Crippen LogP) is 3.97. The molecule has 1 atom stereocenters. The van der Waals surface area contributed by atoms with Crippen molar-refractivity contribution in [2.45, 2.75) is 17.9 Å². The second-order valence-corrected chi connectivity index (χ2v) is 9.42. The minimum Gasteiger partial charge on any atom is -0.350 e. The van der Waals surface area contributed by atoms with Crippen LogP contribution in [-0.4, -0.2) is 39.9 Å². The van der Waals surface area contributed by atoms with Gasteiger partial charge in [-0.1, -0.05) is 29.8 Å². The summed E-state index contributed by atoms with van der Waals surface area (Å²) in [5, 5.41) is 2.83. The molecule has 0 aliphatic heterocycles. The fraction of sp³-hybridized carbons (Fsp3) is 0.208. The van der Waals surface area contributed by atoms with Crippen molar-refractivity contribution in [3.63, 3.8) is 0 Å². The summed E-state index contributed by atoms with van der Waals surface area (Å²) in [6, 6.07) is 18.8. The summed E-state index contributed by atoms with van der Waals surface area (Å²) < 4.78 is 41.3. The molecule has 0 heterocycles. The molecule has 32 heavy (non-hydrogen) atoms. The number of nitrogens with zero attached hydrogens (tertiary/aromatic N) is 1. The zero-order valence-electron chi connectivity index (χ0n) is 18.2. The number of sulfonamides is 1. The van der Waals surface area contributed by atoms with Crippen LogP contribution in [0.1, 0.15) is 27.5 Å². The lowest BCUT2D eigenvalue weighted by Crippen LogP contribution is -2.34. The lowest BCUT2D eigenvalue weighted by atomic mass is 10.1. The normalized spacial score (nSPS) is 12.4. The standard InChI is InChI=1S/C24H26FN3O3S/c1-17-7-11-21(12-8-17)27-32(30,31)22-13-9-18(10-14-22)24(29)26-16-23(28(2)3)19-5-4-6-20(25)15-19/h4-15,23,27H,16H2,1-3H3,(H,26,29). The number of amides is 1. The van der Waals surface area contributed by atoms with Crippen molar-refractivity contribution in [2.24, 2.45) is 0 Å². The van der Waals surface area contributed by atoms with Crippen LogP contribution in [0.4, 0.5) is 10.1 Å². The third-order valence-electron chi connectivity index (χ3n) is 5.04. The third-order valence-corrected chi connectivity index (χ3v) is 6.44. The zero-order valence-corrected chi connectivity index (χ0v) is 19.0. The average molecular weight is 456 g/mol. The van der Waals surface area contributed by atoms with E-state index in [4.69, 9.17) is 0 Å². The van der Waals surface area contributed by atoms with Gasteiger partial charge in [0.15, 0.2) is 0 Å². The molecule has 6 nitrogen and oxygen atoms in total. The Bertz CT molecular complexity index is 1180. The van der Waals surface area contributed by atoms with Crippen molar-refractivity contribution in [2.75, 3.05) is 25.4 Å². The molecule has 0 saturated heterocycles. The maximum atomic E-state index is 13.6. The number of halogens is 1. The van der Waals surface area contributed by atoms with E-state index in [1.165, 1.54) is 36.4 Å². The molecule has 2 N–H and O–H groups in total. The summed E-state index contributed by atoms with van der Waals surface area (Å²) in [6.07, 6.45) is 0. The molecule has 0 aliphatic rings. The fourth-order valence-electron chi connectivity index (χ4n) is 3.23. The summed E-state index contributed by atoms with van der Waals surface area (Å²) in [6.45, 7) is 2.19. The number of hydrogen-bond donors (Lipinski definition) is 2. The van der Waals surface area contributed by atoms with Crippen molar-refractivity contribution in [1.82, 2.24) is 10.2 Å². The van der Waals surface area contributed by atoms with Gasteiger partial charge in [0.2, 0.25) is 0 Å². The van der Waals surface area contributed by atoms with Crippen molar-refractivity contribution in [3.05, 3.63) is 95.3 Å². The lowest BCUT2D eigenvalue weighted by Gasteiger charge is -2.25. The number of anilines is 1. The number of rotatable bonds is 8. The first kappa shape index (κ1) is 23.4. The van der Waals surface area contributed by atoms with Crippen LogP contribution in [0, 0.1) is 12.7 Å². The van der Waals surface area contributed by atoms with Crippen molar-refractivity contribution >= 4 is 21.6 Å². The number of carbonyl (C=O) groups is 1. The maximum absolute atomic E-state index is 13.6. The molecule has 0 fully saturated rings. The molecule has 1 unspecified atom stereocenters. The summed E-state index contributed by atoms with van der Waals surface area (Å²) in [7, 11) is -0.0703. The van der Waals surface area contributed by atoms with Crippen LogP contribution < -0.4 is 10.0 Å². The molecular formula is C24H26FN3O3S. The van der Waals surface area contributed by atoms with Crippen molar-refractivity contribution in [1.29, 1.82) is 0 Å². The van der Waals surface area contributed by atoms with E-state index in [0.29, 0.717) is 11.3 Å². The second-order valence-electron chi connectivity index (χ2n) is 7.74. The Balaban J connectivity index is 1.67. The summed E-state index contributed by atoms with van der Waals surface area (Å²) in [5.41, 5.74) is 2.57. The van der Waals surface area contributed by atoms with E-state index in [1.807, 2.05) is 38.1 Å². The van der Waals surface area contributed by atoms with E-state index in [0.717, 1.165) is 11.1 Å². The van der Waals surface area contributed by atoms with E-state index < -0.39 is 10.0 Å². The molecule has 3 rings (SSSR count). The highest BCUT2D eigenvalue weighted by atomic mass is 32.2. The van der Waals surface area contributed by atoms with E-state index in [9.17, 15) is 17.6 Å². The molecule has 1 amide bonds. The minimum atomic E-state index is -3.77. The number of carbonyl (C=O) groups excluding carboxylic acids is 1. The summed E-state index contributed by atoms with van der Waals surface area (Å²) >= 11 is 0. The monoisotopic (exact) mass is 455 g/mol. The first-order valence-corrected chi connectivity index (χ1v) is 11.5. The molecule has 8 heteroatoms. The Morgan fingerprint density at radius 3 is 2.25 bits per heavy atom. The highest BCUT2D eigenvalue weighted by Crippen LogP contribution is 2.19. The van der Waals surface area contributed by atoms with Gasteiger partial charge in [0.1, 0.15) is 5.82 Å². The molecular weight excluding hydrogens is 429 g/mol. The molecule has 3 aromatic carbocycles. The van der Waals surface area contributed by atoms with Gasteiger partial charge in [0, 0.05) is 17.8 Å². The van der Waals surface area contributed by atoms with Gasteiger partial charge in [0.25, 0.3) is 15.9 Å². The number of nitrogens with one attached hydrogen (secondary N) is 2. The molecule has 0 bridgehead atoms. The maximum Gasteiger partial charge on any atom is 0.261 e. The molecule has 0 aromatic heterocycles. The van der Waals surface area contributed by atoms with Gasteiger partial charge in [-0.2, -0.15) is 0 Å². The van der Waals surface area contributed by atoms with Crippen LogP contribution in [0.5, 0.6) is 0 Å². The Hall–Kier alpha value is -3.23. The SMILES string of the molecule is Cc1ccc(NS(=O)(=O)c2ccc(C(=O)NCC(c3cccc(F)c3)N(C)C)cc2)cc1. The van der Waals surface area contributed by atoms with Gasteiger partial charge in [-0.15, -0.1) is 0 Å². The largest absolute Gasteiger partial charge is 0.350 e. The topological polar surface area (TPSA) is 78.5 Å². The van der Waals surface area contributed by atoms with E-state index in [-0.39, 0.29) is 29.2 Å². The highest BCUT2D eigenvalue weighted by Gasteiger charge is 2.18. The number of likely N-dealkylation sites (N-methyl/N-ethyl adjacent to an activating group) is 1. The van der Waals surface area contributed by atoms with E-state index >= 15 is 0 Å². The third kappa shape index (κ3) is 5.93. The zero-order chi connectivity index (χ0) is 23.3. The Morgan fingerprint density at radius 1 is 1.00 bits per heavy atom. The van der Waals surface area contributed by atoms with E-state index in [1.54, 1.807) is 24.3 Å². The highest BCUT2D eigenvalue weighted by molar-refractivity contribution is 7.92. The minimum absolute atomic E-state index is 0.0561. The fourth-order valence-corrected chi connectivity index (χ4v) is 4.28. The molecule has 168 valence electrons. The van der Waals surface area contributed by atoms with Crippen LogP contribution in [0.25, 0.3) is 0 Å². The smallest absolute Gasteiger partial charge is 0.261 e. The first-order chi connectivity index (χ1) is 15.2. The number of aryl methyl sites for hydroxylation is 1. The van der Waals surface area contributed by atoms with Crippen LogP contribution in [-0.2, 0) is 10.0 Å². The van der Waals surface area contributed by atoms with Gasteiger partial charge in [-0.3, -0.25) is 9.52 Å². The van der Waals surface area contributed by atoms with Crippen LogP contribution in [0.3, 0.4) is 0 Å². The number of hydrogen-bond acceptors (Lipinski definition) is 4. The van der Waals surface area contributed by atoms with Gasteiger partial charge >= 0.3 is 0 Å². The van der Waals surface area contributed by atoms with Crippen LogP contribution >= 0.6 is 0 Å². The summed E-state index contributed by atoms with van der Waals surface area (Å²) in [5.74, 6) is -0.680. The molecule has 0 spiro atoms. The Labute approximate surface area is 188 Å². The predicted molar refractivity (Wildman–Crippen MR) is 124 cm³/mol. The van der Waals surface area contributed by atoms with Crippen LogP contribution in [0.15, 0.2) is 77.7 Å².